The number of nitrogens with zero attached hydrogens (tertiary/aromatic N) is 2. The van der Waals surface area contributed by atoms with Crippen molar-refractivity contribution in [2.24, 2.45) is 5.10 Å². The summed E-state index contributed by atoms with van der Waals surface area (Å²) >= 11 is 0. The maximum absolute atomic E-state index is 10.5. The molecule has 0 unspecified atom stereocenters. The smallest absolute Gasteiger partial charge is 0.239 e. The van der Waals surface area contributed by atoms with Gasteiger partial charge in [0.2, 0.25) is 5.91 Å². The van der Waals surface area contributed by atoms with Gasteiger partial charge in [0.25, 0.3) is 0 Å². The van der Waals surface area contributed by atoms with Crippen molar-refractivity contribution >= 4 is 12.1 Å². The second-order valence-electron chi connectivity index (χ2n) is 1.75. The number of carbonyl (C=O) groups excluding carboxylic acids is 1. The fourth-order valence-corrected chi connectivity index (χ4v) is 0.285. The lowest BCUT2D eigenvalue weighted by molar-refractivity contribution is -0.127. The van der Waals surface area contributed by atoms with Gasteiger partial charge in [0.1, 0.15) is 0 Å². The van der Waals surface area contributed by atoms with Gasteiger partial charge in [-0.2, -0.15) is 5.10 Å². The highest BCUT2D eigenvalue weighted by Gasteiger charge is 1.94. The molecule has 0 rings (SSSR count). The third kappa shape index (κ3) is 3.70. The van der Waals surface area contributed by atoms with Crippen LogP contribution in [0.3, 0.4) is 0 Å². The SMILES string of the molecule is CC/C=N\N(C)C(C)=O. The van der Waals surface area contributed by atoms with Crippen LogP contribution in [0.5, 0.6) is 0 Å². The first-order chi connectivity index (χ1) is 4.18. The lowest BCUT2D eigenvalue weighted by atomic mass is 10.5. The van der Waals surface area contributed by atoms with Crippen LogP contribution >= 0.6 is 0 Å². The normalized spacial score (nSPS) is 10.1. The summed E-state index contributed by atoms with van der Waals surface area (Å²) in [6.07, 6.45) is 2.55. The number of carbonyl (C=O) groups is 1. The zero-order valence-corrected chi connectivity index (χ0v) is 6.09. The minimum absolute atomic E-state index is 0.0419. The highest BCUT2D eigenvalue weighted by Crippen LogP contribution is 1.82. The number of rotatable bonds is 2. The first-order valence-corrected chi connectivity index (χ1v) is 2.95. The number of amides is 1. The largest absolute Gasteiger partial charge is 0.273 e. The van der Waals surface area contributed by atoms with Crippen molar-refractivity contribution in [3.05, 3.63) is 0 Å². The topological polar surface area (TPSA) is 32.7 Å². The summed E-state index contributed by atoms with van der Waals surface area (Å²) in [4.78, 5) is 10.5. The average molecular weight is 128 g/mol. The molecule has 0 aliphatic rings. The Morgan fingerprint density at radius 3 is 2.67 bits per heavy atom. The third-order valence-electron chi connectivity index (χ3n) is 0.893. The number of hydrazone groups is 1. The Kier molecular flexibility index (Phi) is 3.67. The average Bonchev–Trinajstić information content (AvgIpc) is 1.82. The van der Waals surface area contributed by atoms with Crippen molar-refractivity contribution in [3.63, 3.8) is 0 Å². The monoisotopic (exact) mass is 128 g/mol. The van der Waals surface area contributed by atoms with Crippen LogP contribution in [-0.4, -0.2) is 24.2 Å². The zero-order chi connectivity index (χ0) is 7.28. The first-order valence-electron chi connectivity index (χ1n) is 2.95. The van der Waals surface area contributed by atoms with E-state index >= 15 is 0 Å². The number of hydrogen-bond donors (Lipinski definition) is 0. The maximum atomic E-state index is 10.5. The lowest BCUT2D eigenvalue weighted by Gasteiger charge is -2.04. The van der Waals surface area contributed by atoms with Crippen LogP contribution in [0.15, 0.2) is 5.10 Å². The Labute approximate surface area is 55.4 Å². The molecule has 0 aliphatic carbocycles. The molecule has 0 aromatic carbocycles. The molecule has 0 atom stereocenters. The van der Waals surface area contributed by atoms with Crippen LogP contribution in [0.2, 0.25) is 0 Å². The van der Waals surface area contributed by atoms with Crippen LogP contribution in [0.1, 0.15) is 20.3 Å². The highest BCUT2D eigenvalue weighted by atomic mass is 16.2. The van der Waals surface area contributed by atoms with Crippen molar-refractivity contribution in [2.75, 3.05) is 7.05 Å². The Morgan fingerprint density at radius 2 is 2.33 bits per heavy atom. The van der Waals surface area contributed by atoms with Gasteiger partial charge in [0.05, 0.1) is 0 Å². The molecule has 0 spiro atoms. The van der Waals surface area contributed by atoms with Gasteiger partial charge in [-0.1, -0.05) is 6.92 Å². The Hall–Kier alpha value is -0.860. The van der Waals surface area contributed by atoms with Crippen molar-refractivity contribution in [2.45, 2.75) is 20.3 Å². The van der Waals surface area contributed by atoms with Crippen LogP contribution in [0.25, 0.3) is 0 Å². The molecule has 0 aromatic heterocycles. The fourth-order valence-electron chi connectivity index (χ4n) is 0.285. The van der Waals surface area contributed by atoms with E-state index in [-0.39, 0.29) is 5.91 Å². The standard InChI is InChI=1S/C6H12N2O/c1-4-5-7-8(3)6(2)9/h5H,4H2,1-3H3/b7-5-. The lowest BCUT2D eigenvalue weighted by Crippen LogP contribution is -2.16. The van der Waals surface area contributed by atoms with E-state index < -0.39 is 0 Å². The molecule has 3 heteroatoms. The summed E-state index contributed by atoms with van der Waals surface area (Å²) < 4.78 is 0. The summed E-state index contributed by atoms with van der Waals surface area (Å²) in [6.45, 7) is 3.45. The van der Waals surface area contributed by atoms with E-state index in [0.717, 1.165) is 6.42 Å². The minimum Gasteiger partial charge on any atom is -0.273 e. The zero-order valence-electron chi connectivity index (χ0n) is 6.09. The Bertz CT molecular complexity index is 120. The van der Waals surface area contributed by atoms with E-state index in [4.69, 9.17) is 0 Å². The van der Waals surface area contributed by atoms with Gasteiger partial charge in [0.15, 0.2) is 0 Å². The third-order valence-corrected chi connectivity index (χ3v) is 0.893. The molecule has 0 saturated heterocycles. The van der Waals surface area contributed by atoms with Crippen molar-refractivity contribution < 1.29 is 4.79 Å². The molecule has 0 heterocycles. The Morgan fingerprint density at radius 1 is 1.78 bits per heavy atom. The summed E-state index contributed by atoms with van der Waals surface area (Å²) in [5.74, 6) is -0.0419. The van der Waals surface area contributed by atoms with Gasteiger partial charge < -0.3 is 0 Å². The van der Waals surface area contributed by atoms with Crippen molar-refractivity contribution in [3.8, 4) is 0 Å². The predicted molar refractivity (Wildman–Crippen MR) is 37.2 cm³/mol. The van der Waals surface area contributed by atoms with E-state index in [9.17, 15) is 4.79 Å². The quantitative estimate of drug-likeness (QED) is 0.401. The summed E-state index contributed by atoms with van der Waals surface area (Å²) in [5.41, 5.74) is 0. The van der Waals surface area contributed by atoms with Crippen LogP contribution in [-0.2, 0) is 4.79 Å². The molecule has 0 aliphatic heterocycles. The van der Waals surface area contributed by atoms with E-state index in [1.807, 2.05) is 6.92 Å². The first kappa shape index (κ1) is 8.14. The maximum Gasteiger partial charge on any atom is 0.239 e. The highest BCUT2D eigenvalue weighted by molar-refractivity contribution is 5.73. The van der Waals surface area contributed by atoms with Crippen LogP contribution in [0.4, 0.5) is 0 Å². The second kappa shape index (κ2) is 4.06. The van der Waals surface area contributed by atoms with Gasteiger partial charge in [-0.3, -0.25) is 4.79 Å². The van der Waals surface area contributed by atoms with Crippen LogP contribution < -0.4 is 0 Å². The van der Waals surface area contributed by atoms with Gasteiger partial charge in [-0.25, -0.2) is 5.01 Å². The molecule has 0 aromatic rings. The van der Waals surface area contributed by atoms with E-state index in [1.165, 1.54) is 11.9 Å². The summed E-state index contributed by atoms with van der Waals surface area (Å²) in [7, 11) is 1.63. The summed E-state index contributed by atoms with van der Waals surface area (Å²) in [6, 6.07) is 0. The molecule has 0 saturated carbocycles. The Balaban J connectivity index is 3.62. The summed E-state index contributed by atoms with van der Waals surface area (Å²) in [5, 5.41) is 5.11. The molecule has 9 heavy (non-hydrogen) atoms. The molecule has 52 valence electrons. The molecular weight excluding hydrogens is 116 g/mol. The molecule has 0 bridgehead atoms. The molecule has 3 nitrogen and oxygen atoms in total. The van der Waals surface area contributed by atoms with Crippen molar-refractivity contribution in [1.82, 2.24) is 5.01 Å². The fraction of sp³-hybridized carbons (Fsp3) is 0.667. The van der Waals surface area contributed by atoms with E-state index in [1.54, 1.807) is 13.3 Å². The predicted octanol–water partition coefficient (Wildman–Crippen LogP) is 0.861. The number of hydrogen-bond acceptors (Lipinski definition) is 2. The van der Waals surface area contributed by atoms with Gasteiger partial charge >= 0.3 is 0 Å². The molecule has 0 radical (unpaired) electrons. The van der Waals surface area contributed by atoms with E-state index in [2.05, 4.69) is 5.10 Å². The van der Waals surface area contributed by atoms with E-state index in [0.29, 0.717) is 0 Å². The van der Waals surface area contributed by atoms with Crippen molar-refractivity contribution in [1.29, 1.82) is 0 Å². The molecular formula is C6H12N2O. The van der Waals surface area contributed by atoms with Gasteiger partial charge in [0, 0.05) is 20.2 Å². The second-order valence-corrected chi connectivity index (χ2v) is 1.75. The molecule has 0 N–H and O–H groups in total. The minimum atomic E-state index is -0.0419. The molecule has 0 fully saturated rings. The van der Waals surface area contributed by atoms with Crippen LogP contribution in [0, 0.1) is 0 Å². The molecule has 1 amide bonds. The van der Waals surface area contributed by atoms with Gasteiger partial charge in [-0.05, 0) is 6.42 Å². The van der Waals surface area contributed by atoms with Gasteiger partial charge in [-0.15, -0.1) is 0 Å².